The molecule has 0 fully saturated rings. The Morgan fingerprint density at radius 1 is 1.00 bits per heavy atom. The molecule has 0 heterocycles. The third-order valence-corrected chi connectivity index (χ3v) is 12.0. The SMILES string of the molecule is C=C[C@H](O)C[C@H](CCO[Si](C(C)C)(C(C)C)C(C)C)OCc1ccc(OC)cc1. The topological polar surface area (TPSA) is 47.9 Å². The number of rotatable bonds is 14. The summed E-state index contributed by atoms with van der Waals surface area (Å²) in [4.78, 5) is 0. The molecule has 1 aromatic rings. The molecule has 0 radical (unpaired) electrons. The third kappa shape index (κ3) is 7.56. The van der Waals surface area contributed by atoms with E-state index in [-0.39, 0.29) is 6.10 Å². The van der Waals surface area contributed by atoms with Gasteiger partial charge in [-0.15, -0.1) is 6.58 Å². The smallest absolute Gasteiger partial charge is 0.200 e. The molecule has 4 nitrogen and oxygen atoms in total. The van der Waals surface area contributed by atoms with Gasteiger partial charge >= 0.3 is 0 Å². The molecule has 0 spiro atoms. The van der Waals surface area contributed by atoms with Crippen LogP contribution in [0.1, 0.15) is 59.9 Å². The van der Waals surface area contributed by atoms with Gasteiger partial charge in [-0.1, -0.05) is 59.8 Å². The average Bonchev–Trinajstić information content (AvgIpc) is 2.68. The molecule has 0 amide bonds. The predicted octanol–water partition coefficient (Wildman–Crippen LogP) is 6.10. The van der Waals surface area contributed by atoms with Gasteiger partial charge < -0.3 is 19.0 Å². The summed E-state index contributed by atoms with van der Waals surface area (Å²) in [6, 6.07) is 7.88. The molecule has 0 aliphatic heterocycles. The van der Waals surface area contributed by atoms with Gasteiger partial charge in [0.2, 0.25) is 0 Å². The number of methoxy groups -OCH3 is 1. The Bertz CT molecular complexity index is 561. The fourth-order valence-electron chi connectivity index (χ4n) is 4.44. The van der Waals surface area contributed by atoms with Gasteiger partial charge in [-0.3, -0.25) is 0 Å². The van der Waals surface area contributed by atoms with Crippen molar-refractivity contribution >= 4 is 8.32 Å². The van der Waals surface area contributed by atoms with Gasteiger partial charge in [0, 0.05) is 13.0 Å². The van der Waals surface area contributed by atoms with Crippen molar-refractivity contribution in [3.63, 3.8) is 0 Å². The average molecular weight is 423 g/mol. The van der Waals surface area contributed by atoms with Crippen LogP contribution in [0.25, 0.3) is 0 Å². The van der Waals surface area contributed by atoms with E-state index in [1.165, 1.54) is 0 Å². The van der Waals surface area contributed by atoms with Crippen molar-refractivity contribution < 1.29 is 19.0 Å². The number of aliphatic hydroxyl groups is 1. The molecule has 2 atom stereocenters. The molecule has 1 rings (SSSR count). The van der Waals surface area contributed by atoms with E-state index in [0.29, 0.717) is 36.3 Å². The van der Waals surface area contributed by atoms with E-state index in [2.05, 4.69) is 48.1 Å². The van der Waals surface area contributed by atoms with Gasteiger partial charge in [-0.05, 0) is 40.7 Å². The number of ether oxygens (including phenoxy) is 2. The fraction of sp³-hybridized carbons (Fsp3) is 0.667. The molecular weight excluding hydrogens is 380 g/mol. The van der Waals surface area contributed by atoms with Crippen molar-refractivity contribution in [3.05, 3.63) is 42.5 Å². The zero-order valence-electron chi connectivity index (χ0n) is 19.5. The van der Waals surface area contributed by atoms with E-state index in [1.807, 2.05) is 24.3 Å². The first kappa shape index (κ1) is 25.9. The fourth-order valence-corrected chi connectivity index (χ4v) is 9.91. The first-order valence-electron chi connectivity index (χ1n) is 10.9. The summed E-state index contributed by atoms with van der Waals surface area (Å²) in [7, 11) is -0.232. The molecule has 0 saturated carbocycles. The monoisotopic (exact) mass is 422 g/mol. The second-order valence-electron chi connectivity index (χ2n) is 8.77. The van der Waals surface area contributed by atoms with Gasteiger partial charge in [-0.2, -0.15) is 0 Å². The summed E-state index contributed by atoms with van der Waals surface area (Å²) >= 11 is 0. The van der Waals surface area contributed by atoms with Crippen LogP contribution in [0, 0.1) is 0 Å². The highest BCUT2D eigenvalue weighted by atomic mass is 28.4. The quantitative estimate of drug-likeness (QED) is 0.291. The van der Waals surface area contributed by atoms with E-state index in [1.54, 1.807) is 13.2 Å². The number of hydrogen-bond donors (Lipinski definition) is 1. The minimum absolute atomic E-state index is 0.0803. The molecule has 0 aliphatic rings. The van der Waals surface area contributed by atoms with E-state index in [9.17, 15) is 5.11 Å². The standard InChI is InChI=1S/C24H42O4Si/c1-9-22(25)16-24(27-17-21-10-12-23(26-8)13-11-21)14-15-28-29(18(2)3,19(4)5)20(6)7/h9-13,18-20,22,24-25H,1,14-17H2,2-8H3/t22-,24-/m0/s1. The highest BCUT2D eigenvalue weighted by molar-refractivity contribution is 6.77. The van der Waals surface area contributed by atoms with Crippen molar-refractivity contribution in [2.24, 2.45) is 0 Å². The van der Waals surface area contributed by atoms with Crippen LogP contribution in [0.5, 0.6) is 5.75 Å². The maximum atomic E-state index is 10.1. The van der Waals surface area contributed by atoms with Gasteiger partial charge in [0.05, 0.1) is 25.9 Å². The molecule has 0 unspecified atom stereocenters. The normalized spacial score (nSPS) is 14.4. The van der Waals surface area contributed by atoms with Crippen LogP contribution in [-0.4, -0.2) is 39.3 Å². The zero-order valence-corrected chi connectivity index (χ0v) is 20.5. The van der Waals surface area contributed by atoms with Gasteiger partial charge in [-0.25, -0.2) is 0 Å². The first-order chi connectivity index (χ1) is 13.7. The van der Waals surface area contributed by atoms with Crippen LogP contribution in [-0.2, 0) is 15.8 Å². The minimum Gasteiger partial charge on any atom is -0.497 e. The van der Waals surface area contributed by atoms with E-state index in [0.717, 1.165) is 17.7 Å². The van der Waals surface area contributed by atoms with E-state index < -0.39 is 14.4 Å². The number of benzene rings is 1. The van der Waals surface area contributed by atoms with Crippen LogP contribution in [0.4, 0.5) is 0 Å². The lowest BCUT2D eigenvalue weighted by atomic mass is 10.1. The van der Waals surface area contributed by atoms with Gasteiger partial charge in [0.15, 0.2) is 8.32 Å². The van der Waals surface area contributed by atoms with Crippen molar-refractivity contribution in [3.8, 4) is 5.75 Å². The van der Waals surface area contributed by atoms with Crippen molar-refractivity contribution in [1.29, 1.82) is 0 Å². The Morgan fingerprint density at radius 3 is 2.00 bits per heavy atom. The van der Waals surface area contributed by atoms with Crippen LogP contribution in [0.3, 0.4) is 0 Å². The highest BCUT2D eigenvalue weighted by Crippen LogP contribution is 2.42. The molecule has 29 heavy (non-hydrogen) atoms. The second-order valence-corrected chi connectivity index (χ2v) is 14.2. The Balaban J connectivity index is 2.75. The number of aliphatic hydroxyl groups excluding tert-OH is 1. The maximum absolute atomic E-state index is 10.1. The molecule has 1 aromatic carbocycles. The molecular formula is C24H42O4Si. The summed E-state index contributed by atoms with van der Waals surface area (Å²) in [5.74, 6) is 0.832. The largest absolute Gasteiger partial charge is 0.497 e. The maximum Gasteiger partial charge on any atom is 0.200 e. The Kier molecular flexibility index (Phi) is 11.2. The molecule has 5 heteroatoms. The Labute approximate surface area is 179 Å². The Hall–Kier alpha value is -1.14. The number of hydrogen-bond acceptors (Lipinski definition) is 4. The lowest BCUT2D eigenvalue weighted by Gasteiger charge is -2.42. The molecule has 1 N–H and O–H groups in total. The van der Waals surface area contributed by atoms with Crippen LogP contribution >= 0.6 is 0 Å². The van der Waals surface area contributed by atoms with Gasteiger partial charge in [0.25, 0.3) is 0 Å². The summed E-state index contributed by atoms with van der Waals surface area (Å²) in [5.41, 5.74) is 2.75. The molecule has 0 aliphatic carbocycles. The lowest BCUT2D eigenvalue weighted by molar-refractivity contribution is 0.000319. The minimum atomic E-state index is -1.89. The van der Waals surface area contributed by atoms with Gasteiger partial charge in [0.1, 0.15) is 5.75 Å². The molecule has 0 saturated heterocycles. The third-order valence-electron chi connectivity index (χ3n) is 5.92. The second kappa shape index (κ2) is 12.5. The summed E-state index contributed by atoms with van der Waals surface area (Å²) in [5, 5.41) is 10.1. The molecule has 0 bridgehead atoms. The van der Waals surface area contributed by atoms with Crippen LogP contribution in [0.15, 0.2) is 36.9 Å². The van der Waals surface area contributed by atoms with Crippen molar-refractivity contribution in [1.82, 2.24) is 0 Å². The Morgan fingerprint density at radius 2 is 1.55 bits per heavy atom. The summed E-state index contributed by atoms with van der Waals surface area (Å²) in [6.07, 6.45) is 2.21. The molecule has 166 valence electrons. The van der Waals surface area contributed by atoms with Crippen molar-refractivity contribution in [2.75, 3.05) is 13.7 Å². The van der Waals surface area contributed by atoms with Crippen molar-refractivity contribution in [2.45, 2.75) is 89.8 Å². The van der Waals surface area contributed by atoms with E-state index in [4.69, 9.17) is 13.9 Å². The van der Waals surface area contributed by atoms with Crippen LogP contribution in [0.2, 0.25) is 16.6 Å². The van der Waals surface area contributed by atoms with E-state index >= 15 is 0 Å². The summed E-state index contributed by atoms with van der Waals surface area (Å²) < 4.78 is 18.0. The zero-order chi connectivity index (χ0) is 22.0. The summed E-state index contributed by atoms with van der Waals surface area (Å²) in [6.45, 7) is 18.6. The highest BCUT2D eigenvalue weighted by Gasteiger charge is 2.44. The first-order valence-corrected chi connectivity index (χ1v) is 13.0. The van der Waals surface area contributed by atoms with Crippen LogP contribution < -0.4 is 4.74 Å². The predicted molar refractivity (Wildman–Crippen MR) is 124 cm³/mol. The lowest BCUT2D eigenvalue weighted by Crippen LogP contribution is -2.48. The molecule has 0 aromatic heterocycles.